The maximum atomic E-state index is 12.3. The van der Waals surface area contributed by atoms with Gasteiger partial charge in [0, 0.05) is 5.69 Å². The number of hydrogen-bond acceptors (Lipinski definition) is 4. The van der Waals surface area contributed by atoms with Crippen LogP contribution in [0.4, 0.5) is 5.69 Å². The Balaban J connectivity index is 1.58. The van der Waals surface area contributed by atoms with E-state index in [0.717, 1.165) is 36.8 Å². The van der Waals surface area contributed by atoms with Crippen molar-refractivity contribution in [1.29, 1.82) is 0 Å². The molecule has 0 heterocycles. The summed E-state index contributed by atoms with van der Waals surface area (Å²) in [4.78, 5) is 12.3. The standard InChI is InChI=1S/C21H26N2O3/c1-14-6-8-15(9-7-14)20(22)21(25)23-16-10-12-17(13-11-16)26-19-5-3-2-4-18(19)24/h6-13,18-20,24H,2-5,22H2,1H3,(H,23,25). The summed E-state index contributed by atoms with van der Waals surface area (Å²) in [5, 5.41) is 12.8. The van der Waals surface area contributed by atoms with E-state index in [9.17, 15) is 9.90 Å². The van der Waals surface area contributed by atoms with E-state index in [1.165, 1.54) is 0 Å². The van der Waals surface area contributed by atoms with E-state index in [1.54, 1.807) is 24.3 Å². The molecular weight excluding hydrogens is 328 g/mol. The van der Waals surface area contributed by atoms with Crippen LogP contribution in [0.25, 0.3) is 0 Å². The topological polar surface area (TPSA) is 84.6 Å². The highest BCUT2D eigenvalue weighted by atomic mass is 16.5. The number of amides is 1. The van der Waals surface area contributed by atoms with Crippen LogP contribution in [0, 0.1) is 6.92 Å². The first-order valence-corrected chi connectivity index (χ1v) is 9.11. The summed E-state index contributed by atoms with van der Waals surface area (Å²) < 4.78 is 5.87. The molecule has 1 aliphatic carbocycles. The van der Waals surface area contributed by atoms with Gasteiger partial charge in [-0.3, -0.25) is 4.79 Å². The molecule has 1 fully saturated rings. The molecule has 3 atom stereocenters. The number of anilines is 1. The van der Waals surface area contributed by atoms with Gasteiger partial charge in [0.25, 0.3) is 0 Å². The van der Waals surface area contributed by atoms with E-state index < -0.39 is 12.1 Å². The zero-order chi connectivity index (χ0) is 18.5. The van der Waals surface area contributed by atoms with Gasteiger partial charge >= 0.3 is 0 Å². The highest BCUT2D eigenvalue weighted by Crippen LogP contribution is 2.25. The average Bonchev–Trinajstić information content (AvgIpc) is 2.65. The minimum absolute atomic E-state index is 0.154. The van der Waals surface area contributed by atoms with Crippen molar-refractivity contribution < 1.29 is 14.6 Å². The van der Waals surface area contributed by atoms with Crippen LogP contribution in [0.1, 0.15) is 42.9 Å². The van der Waals surface area contributed by atoms with Crippen LogP contribution in [0.2, 0.25) is 0 Å². The predicted octanol–water partition coefficient (Wildman–Crippen LogP) is 3.32. The van der Waals surface area contributed by atoms with Gasteiger partial charge in [0.05, 0.1) is 6.10 Å². The number of aryl methyl sites for hydroxylation is 1. The van der Waals surface area contributed by atoms with Crippen LogP contribution in [0.5, 0.6) is 5.75 Å². The Labute approximate surface area is 154 Å². The molecule has 1 amide bonds. The number of ether oxygens (including phenoxy) is 1. The van der Waals surface area contributed by atoms with E-state index >= 15 is 0 Å². The third-order valence-corrected chi connectivity index (χ3v) is 4.80. The second-order valence-corrected chi connectivity index (χ2v) is 6.91. The highest BCUT2D eigenvalue weighted by molar-refractivity contribution is 5.95. The van der Waals surface area contributed by atoms with Crippen molar-refractivity contribution in [3.05, 3.63) is 59.7 Å². The average molecular weight is 354 g/mol. The van der Waals surface area contributed by atoms with Crippen molar-refractivity contribution in [2.75, 3.05) is 5.32 Å². The largest absolute Gasteiger partial charge is 0.488 e. The number of nitrogens with one attached hydrogen (secondary N) is 1. The number of nitrogens with two attached hydrogens (primary N) is 1. The lowest BCUT2D eigenvalue weighted by molar-refractivity contribution is -0.117. The number of hydrogen-bond donors (Lipinski definition) is 3. The molecule has 26 heavy (non-hydrogen) atoms. The summed E-state index contributed by atoms with van der Waals surface area (Å²) in [6.45, 7) is 1.99. The number of benzene rings is 2. The van der Waals surface area contributed by atoms with Gasteiger partial charge in [-0.05, 0) is 56.0 Å². The third-order valence-electron chi connectivity index (χ3n) is 4.80. The van der Waals surface area contributed by atoms with E-state index in [2.05, 4.69) is 5.32 Å². The molecule has 0 bridgehead atoms. The zero-order valence-electron chi connectivity index (χ0n) is 15.0. The minimum atomic E-state index is -0.719. The van der Waals surface area contributed by atoms with Crippen LogP contribution < -0.4 is 15.8 Å². The van der Waals surface area contributed by atoms with Crippen LogP contribution in [-0.4, -0.2) is 23.2 Å². The van der Waals surface area contributed by atoms with E-state index in [-0.39, 0.29) is 12.0 Å². The monoisotopic (exact) mass is 354 g/mol. The molecule has 3 rings (SSSR count). The zero-order valence-corrected chi connectivity index (χ0v) is 15.0. The second-order valence-electron chi connectivity index (χ2n) is 6.91. The highest BCUT2D eigenvalue weighted by Gasteiger charge is 2.24. The number of carbonyl (C=O) groups excluding carboxylic acids is 1. The summed E-state index contributed by atoms with van der Waals surface area (Å²) >= 11 is 0. The maximum absolute atomic E-state index is 12.3. The van der Waals surface area contributed by atoms with Gasteiger partial charge in [0.1, 0.15) is 17.9 Å². The number of carbonyl (C=O) groups is 1. The SMILES string of the molecule is Cc1ccc(C(N)C(=O)Nc2ccc(OC3CCCCC3O)cc2)cc1. The first-order chi connectivity index (χ1) is 12.5. The van der Waals surface area contributed by atoms with Gasteiger partial charge in [-0.15, -0.1) is 0 Å². The third kappa shape index (κ3) is 4.62. The Morgan fingerprint density at radius 1 is 1.12 bits per heavy atom. The Morgan fingerprint density at radius 3 is 2.42 bits per heavy atom. The Morgan fingerprint density at radius 2 is 1.77 bits per heavy atom. The summed E-state index contributed by atoms with van der Waals surface area (Å²) in [6, 6.07) is 14.1. The van der Waals surface area contributed by atoms with E-state index in [0.29, 0.717) is 11.4 Å². The molecule has 0 aliphatic heterocycles. The van der Waals surface area contributed by atoms with Gasteiger partial charge in [0.15, 0.2) is 0 Å². The van der Waals surface area contributed by atoms with Crippen molar-refractivity contribution in [2.45, 2.75) is 50.9 Å². The molecular formula is C21H26N2O3. The molecule has 0 aromatic heterocycles. The van der Waals surface area contributed by atoms with Gasteiger partial charge < -0.3 is 20.9 Å². The van der Waals surface area contributed by atoms with Crippen molar-refractivity contribution >= 4 is 11.6 Å². The smallest absolute Gasteiger partial charge is 0.245 e. The Hall–Kier alpha value is -2.37. The van der Waals surface area contributed by atoms with Gasteiger partial charge in [0.2, 0.25) is 5.91 Å². The molecule has 0 spiro atoms. The molecule has 5 nitrogen and oxygen atoms in total. The minimum Gasteiger partial charge on any atom is -0.488 e. The number of aliphatic hydroxyl groups is 1. The van der Waals surface area contributed by atoms with Crippen molar-refractivity contribution in [3.8, 4) is 5.75 Å². The van der Waals surface area contributed by atoms with Crippen LogP contribution >= 0.6 is 0 Å². The summed E-state index contributed by atoms with van der Waals surface area (Å²) in [5.41, 5.74) is 8.60. The first kappa shape index (κ1) is 18.4. The lowest BCUT2D eigenvalue weighted by atomic mass is 9.95. The molecule has 4 N–H and O–H groups in total. The van der Waals surface area contributed by atoms with Crippen molar-refractivity contribution in [3.63, 3.8) is 0 Å². The fourth-order valence-corrected chi connectivity index (χ4v) is 3.15. The lowest BCUT2D eigenvalue weighted by Crippen LogP contribution is -2.34. The molecule has 0 saturated heterocycles. The molecule has 1 aliphatic rings. The second kappa shape index (κ2) is 8.34. The molecule has 1 saturated carbocycles. The van der Waals surface area contributed by atoms with Gasteiger partial charge in [-0.2, -0.15) is 0 Å². The number of aliphatic hydroxyl groups excluding tert-OH is 1. The first-order valence-electron chi connectivity index (χ1n) is 9.11. The Kier molecular flexibility index (Phi) is 5.91. The summed E-state index contributed by atoms with van der Waals surface area (Å²) in [7, 11) is 0. The summed E-state index contributed by atoms with van der Waals surface area (Å²) in [6.07, 6.45) is 3.22. The number of rotatable bonds is 5. The molecule has 2 aromatic carbocycles. The molecule has 2 aromatic rings. The van der Waals surface area contributed by atoms with Gasteiger partial charge in [-0.1, -0.05) is 36.2 Å². The summed E-state index contributed by atoms with van der Waals surface area (Å²) in [5.74, 6) is 0.432. The quantitative estimate of drug-likeness (QED) is 0.769. The predicted molar refractivity (Wildman–Crippen MR) is 102 cm³/mol. The molecule has 138 valence electrons. The molecule has 5 heteroatoms. The molecule has 0 radical (unpaired) electrons. The van der Waals surface area contributed by atoms with Crippen molar-refractivity contribution in [2.24, 2.45) is 5.73 Å². The van der Waals surface area contributed by atoms with Gasteiger partial charge in [-0.25, -0.2) is 0 Å². The maximum Gasteiger partial charge on any atom is 0.245 e. The van der Waals surface area contributed by atoms with E-state index in [4.69, 9.17) is 10.5 Å². The Bertz CT molecular complexity index is 728. The fraction of sp³-hybridized carbons (Fsp3) is 0.381. The fourth-order valence-electron chi connectivity index (χ4n) is 3.15. The normalized spacial score (nSPS) is 21.0. The van der Waals surface area contributed by atoms with Crippen LogP contribution in [-0.2, 0) is 4.79 Å². The van der Waals surface area contributed by atoms with E-state index in [1.807, 2.05) is 31.2 Å². The van der Waals surface area contributed by atoms with Crippen LogP contribution in [0.15, 0.2) is 48.5 Å². The van der Waals surface area contributed by atoms with Crippen LogP contribution in [0.3, 0.4) is 0 Å². The van der Waals surface area contributed by atoms with Crippen molar-refractivity contribution in [1.82, 2.24) is 0 Å². The molecule has 3 unspecified atom stereocenters. The lowest BCUT2D eigenvalue weighted by Gasteiger charge is -2.28.